The van der Waals surface area contributed by atoms with Crippen LogP contribution in [0.3, 0.4) is 0 Å². The summed E-state index contributed by atoms with van der Waals surface area (Å²) in [6.07, 6.45) is 4.94. The van der Waals surface area contributed by atoms with Crippen molar-refractivity contribution in [3.05, 3.63) is 0 Å². The highest BCUT2D eigenvalue weighted by molar-refractivity contribution is 5.64. The van der Waals surface area contributed by atoms with Crippen LogP contribution in [-0.4, -0.2) is 12.7 Å². The second kappa shape index (κ2) is 8.85. The molecule has 0 saturated carbocycles. The minimum absolute atomic E-state index is 0.410. The van der Waals surface area contributed by atoms with Gasteiger partial charge in [0.2, 0.25) is 0 Å². The third-order valence-corrected chi connectivity index (χ3v) is 1.68. The number of carbonyl (C=O) groups excluding carboxylic acids is 1. The lowest BCUT2D eigenvalue weighted by molar-refractivity contribution is 0.154. The molecule has 0 aliphatic heterocycles. The lowest BCUT2D eigenvalue weighted by atomic mass is 10.1. The average Bonchev–Trinajstić information content (AvgIpc) is 2.09. The molecule has 4 heteroatoms. The van der Waals surface area contributed by atoms with Gasteiger partial charge in [0.15, 0.2) is 0 Å². The van der Waals surface area contributed by atoms with Crippen LogP contribution in [0.2, 0.25) is 0 Å². The molecule has 0 aromatic heterocycles. The minimum atomic E-state index is -0.704. The van der Waals surface area contributed by atoms with Gasteiger partial charge in [0.25, 0.3) is 0 Å². The Hall–Kier alpha value is -1.24. The first-order valence-electron chi connectivity index (χ1n) is 4.56. The van der Waals surface area contributed by atoms with Crippen LogP contribution in [-0.2, 0) is 4.74 Å². The third kappa shape index (κ3) is 10.8. The molecule has 0 saturated heterocycles. The third-order valence-electron chi connectivity index (χ3n) is 1.68. The molecule has 0 atom stereocenters. The van der Waals surface area contributed by atoms with E-state index < -0.39 is 6.09 Å². The summed E-state index contributed by atoms with van der Waals surface area (Å²) in [5.41, 5.74) is 4.78. The van der Waals surface area contributed by atoms with Crippen LogP contribution in [0.15, 0.2) is 0 Å². The van der Waals surface area contributed by atoms with E-state index in [9.17, 15) is 4.79 Å². The number of nitriles is 1. The molecule has 0 spiro atoms. The molecule has 0 aliphatic carbocycles. The highest BCUT2D eigenvalue weighted by Gasteiger charge is 1.93. The summed E-state index contributed by atoms with van der Waals surface area (Å²) >= 11 is 0. The molecule has 0 aromatic rings. The van der Waals surface area contributed by atoms with Crippen LogP contribution in [0, 0.1) is 11.3 Å². The van der Waals surface area contributed by atoms with Crippen molar-refractivity contribution in [1.29, 1.82) is 5.26 Å². The molecule has 4 nitrogen and oxygen atoms in total. The van der Waals surface area contributed by atoms with Crippen molar-refractivity contribution in [3.63, 3.8) is 0 Å². The predicted molar refractivity (Wildman–Crippen MR) is 48.9 cm³/mol. The largest absolute Gasteiger partial charge is 0.450 e. The fourth-order valence-corrected chi connectivity index (χ4v) is 1.01. The van der Waals surface area contributed by atoms with E-state index in [1.54, 1.807) is 0 Å². The average molecular weight is 184 g/mol. The highest BCUT2D eigenvalue weighted by Crippen LogP contribution is 2.04. The molecule has 0 radical (unpaired) electrons. The van der Waals surface area contributed by atoms with Crippen molar-refractivity contribution in [3.8, 4) is 6.07 Å². The van der Waals surface area contributed by atoms with Gasteiger partial charge in [-0.1, -0.05) is 19.3 Å². The van der Waals surface area contributed by atoms with Crippen LogP contribution in [0.25, 0.3) is 0 Å². The second-order valence-electron chi connectivity index (χ2n) is 2.84. The van der Waals surface area contributed by atoms with E-state index >= 15 is 0 Å². The van der Waals surface area contributed by atoms with E-state index in [1.807, 2.05) is 0 Å². The summed E-state index contributed by atoms with van der Waals surface area (Å²) in [6.45, 7) is 0.410. The Labute approximate surface area is 78.7 Å². The fraction of sp³-hybridized carbons (Fsp3) is 0.778. The van der Waals surface area contributed by atoms with Crippen molar-refractivity contribution >= 4 is 6.09 Å². The number of primary amides is 1. The number of hydrogen-bond acceptors (Lipinski definition) is 3. The first-order chi connectivity index (χ1) is 6.27. The molecular formula is C9H16N2O2. The SMILES string of the molecule is N#CCCCCCCCOC(N)=O. The first-order valence-corrected chi connectivity index (χ1v) is 4.56. The molecule has 0 bridgehead atoms. The van der Waals surface area contributed by atoms with Gasteiger partial charge >= 0.3 is 6.09 Å². The van der Waals surface area contributed by atoms with Gasteiger partial charge in [-0.15, -0.1) is 0 Å². The van der Waals surface area contributed by atoms with Crippen LogP contribution in [0.5, 0.6) is 0 Å². The number of nitrogens with two attached hydrogens (primary N) is 1. The molecule has 0 aliphatic rings. The van der Waals surface area contributed by atoms with E-state index in [0.29, 0.717) is 13.0 Å². The zero-order chi connectivity index (χ0) is 9.94. The summed E-state index contributed by atoms with van der Waals surface area (Å²) in [7, 11) is 0. The van der Waals surface area contributed by atoms with E-state index in [0.717, 1.165) is 32.1 Å². The molecule has 0 rings (SSSR count). The van der Waals surface area contributed by atoms with Crippen molar-refractivity contribution in [2.24, 2.45) is 5.73 Å². The maximum Gasteiger partial charge on any atom is 0.404 e. The minimum Gasteiger partial charge on any atom is -0.450 e. The summed E-state index contributed by atoms with van der Waals surface area (Å²) < 4.78 is 4.56. The summed E-state index contributed by atoms with van der Waals surface area (Å²) in [6, 6.07) is 2.10. The Balaban J connectivity index is 2.92. The normalized spacial score (nSPS) is 9.15. The molecule has 0 unspecified atom stereocenters. The highest BCUT2D eigenvalue weighted by atomic mass is 16.5. The van der Waals surface area contributed by atoms with Crippen molar-refractivity contribution < 1.29 is 9.53 Å². The van der Waals surface area contributed by atoms with Gasteiger partial charge in [-0.3, -0.25) is 0 Å². The lowest BCUT2D eigenvalue weighted by Gasteiger charge is -2.00. The number of unbranched alkanes of at least 4 members (excludes halogenated alkanes) is 5. The first kappa shape index (κ1) is 11.8. The number of hydrogen-bond donors (Lipinski definition) is 1. The van der Waals surface area contributed by atoms with Gasteiger partial charge in [-0.25, -0.2) is 4.79 Å². The van der Waals surface area contributed by atoms with Gasteiger partial charge < -0.3 is 10.5 Å². The Kier molecular flexibility index (Phi) is 8.01. The van der Waals surface area contributed by atoms with Gasteiger partial charge in [0, 0.05) is 6.42 Å². The van der Waals surface area contributed by atoms with E-state index in [2.05, 4.69) is 10.8 Å². The number of amides is 1. The maximum atomic E-state index is 10.1. The molecule has 1 amide bonds. The van der Waals surface area contributed by atoms with Crippen LogP contribution < -0.4 is 5.73 Å². The van der Waals surface area contributed by atoms with E-state index in [-0.39, 0.29) is 0 Å². The molecule has 0 heterocycles. The standard InChI is InChI=1S/C9H16N2O2/c10-7-5-3-1-2-4-6-8-13-9(11)12/h1-6,8H2,(H2,11,12). The van der Waals surface area contributed by atoms with Gasteiger partial charge in [-0.2, -0.15) is 5.26 Å². The lowest BCUT2D eigenvalue weighted by Crippen LogP contribution is -2.13. The Bertz CT molecular complexity index is 175. The monoisotopic (exact) mass is 184 g/mol. The Morgan fingerprint density at radius 2 is 1.85 bits per heavy atom. The number of ether oxygens (including phenoxy) is 1. The van der Waals surface area contributed by atoms with Crippen molar-refractivity contribution in [2.45, 2.75) is 38.5 Å². The Morgan fingerprint density at radius 3 is 2.46 bits per heavy atom. The maximum absolute atomic E-state index is 10.1. The molecule has 13 heavy (non-hydrogen) atoms. The summed E-state index contributed by atoms with van der Waals surface area (Å²) in [4.78, 5) is 10.1. The number of nitrogens with zero attached hydrogens (tertiary/aromatic N) is 1. The Morgan fingerprint density at radius 1 is 1.23 bits per heavy atom. The summed E-state index contributed by atoms with van der Waals surface area (Å²) in [5.74, 6) is 0. The molecule has 74 valence electrons. The van der Waals surface area contributed by atoms with Crippen molar-refractivity contribution in [1.82, 2.24) is 0 Å². The molecule has 2 N–H and O–H groups in total. The summed E-state index contributed by atoms with van der Waals surface area (Å²) in [5, 5.41) is 8.25. The van der Waals surface area contributed by atoms with E-state index in [4.69, 9.17) is 11.0 Å². The predicted octanol–water partition coefficient (Wildman–Crippen LogP) is 1.95. The van der Waals surface area contributed by atoms with Crippen LogP contribution >= 0.6 is 0 Å². The number of rotatable bonds is 7. The van der Waals surface area contributed by atoms with Crippen LogP contribution in [0.1, 0.15) is 38.5 Å². The van der Waals surface area contributed by atoms with Gasteiger partial charge in [0.05, 0.1) is 12.7 Å². The quantitative estimate of drug-likeness (QED) is 0.614. The van der Waals surface area contributed by atoms with E-state index in [1.165, 1.54) is 0 Å². The van der Waals surface area contributed by atoms with Gasteiger partial charge in [-0.05, 0) is 12.8 Å². The number of carbonyl (C=O) groups is 1. The fourth-order valence-electron chi connectivity index (χ4n) is 1.01. The second-order valence-corrected chi connectivity index (χ2v) is 2.84. The molecular weight excluding hydrogens is 168 g/mol. The zero-order valence-corrected chi connectivity index (χ0v) is 7.79. The zero-order valence-electron chi connectivity index (χ0n) is 7.79. The van der Waals surface area contributed by atoms with Crippen molar-refractivity contribution in [2.75, 3.05) is 6.61 Å². The van der Waals surface area contributed by atoms with Gasteiger partial charge in [0.1, 0.15) is 0 Å². The molecule has 0 fully saturated rings. The van der Waals surface area contributed by atoms with Crippen LogP contribution in [0.4, 0.5) is 4.79 Å². The smallest absolute Gasteiger partial charge is 0.404 e. The topological polar surface area (TPSA) is 76.1 Å². The molecule has 0 aromatic carbocycles.